The van der Waals surface area contributed by atoms with Gasteiger partial charge in [-0.15, -0.1) is 5.10 Å². The highest BCUT2D eigenvalue weighted by atomic mass is 32.2. The van der Waals surface area contributed by atoms with Gasteiger partial charge in [0.2, 0.25) is 11.1 Å². The maximum absolute atomic E-state index is 12.9. The Hall–Kier alpha value is -3.59. The lowest BCUT2D eigenvalue weighted by molar-refractivity contribution is -0.116. The van der Waals surface area contributed by atoms with Crippen LogP contribution in [0.2, 0.25) is 0 Å². The van der Waals surface area contributed by atoms with Crippen LogP contribution in [0.25, 0.3) is 0 Å². The average molecular weight is 463 g/mol. The fourth-order valence-electron chi connectivity index (χ4n) is 4.18. The number of Topliss-reactive ketones (excluding diaryl/α,β-unsaturated/α-hetero) is 1. The van der Waals surface area contributed by atoms with Gasteiger partial charge in [-0.25, -0.2) is 9.48 Å². The predicted octanol–water partition coefficient (Wildman–Crippen LogP) is 4.30. The number of carbonyl (C=O) groups is 2. The molecule has 0 spiro atoms. The number of rotatable bonds is 6. The van der Waals surface area contributed by atoms with Crippen molar-refractivity contribution in [3.8, 4) is 5.75 Å². The van der Waals surface area contributed by atoms with Gasteiger partial charge in [0.25, 0.3) is 0 Å². The Morgan fingerprint density at radius 3 is 2.64 bits per heavy atom. The molecule has 0 saturated heterocycles. The molecule has 0 saturated carbocycles. The van der Waals surface area contributed by atoms with E-state index >= 15 is 0 Å². The monoisotopic (exact) mass is 462 g/mol. The third-order valence-corrected chi connectivity index (χ3v) is 6.76. The summed E-state index contributed by atoms with van der Waals surface area (Å²) < 4.78 is 7.08. The van der Waals surface area contributed by atoms with Crippen LogP contribution >= 0.6 is 11.8 Å². The van der Waals surface area contributed by atoms with Crippen molar-refractivity contribution in [2.24, 2.45) is 0 Å². The summed E-state index contributed by atoms with van der Waals surface area (Å²) in [5.41, 5.74) is 3.86. The van der Waals surface area contributed by atoms with Crippen molar-refractivity contribution in [3.63, 3.8) is 0 Å². The molecule has 5 rings (SSSR count). The van der Waals surface area contributed by atoms with Crippen LogP contribution < -0.4 is 10.1 Å². The molecule has 0 radical (unpaired) electrons. The molecular weight excluding hydrogens is 440 g/mol. The number of hydrogen-bond acceptors (Lipinski definition) is 7. The third kappa shape index (κ3) is 4.11. The fraction of sp³-hybridized carbons (Fsp3) is 0.250. The summed E-state index contributed by atoms with van der Waals surface area (Å²) in [6, 6.07) is 14.1. The molecule has 1 aromatic heterocycles. The summed E-state index contributed by atoms with van der Waals surface area (Å²) in [6.45, 7) is 0. The van der Waals surface area contributed by atoms with Crippen LogP contribution in [0, 0.1) is 0 Å². The van der Waals surface area contributed by atoms with Crippen molar-refractivity contribution in [2.75, 3.05) is 12.4 Å². The van der Waals surface area contributed by atoms with Crippen LogP contribution in [-0.4, -0.2) is 38.7 Å². The number of ketones is 1. The topological polar surface area (TPSA) is 106 Å². The Balaban J connectivity index is 1.44. The van der Waals surface area contributed by atoms with E-state index in [9.17, 15) is 9.59 Å². The van der Waals surface area contributed by atoms with Crippen molar-refractivity contribution in [3.05, 3.63) is 76.5 Å². The van der Waals surface area contributed by atoms with Gasteiger partial charge in [-0.3, -0.25) is 4.79 Å². The van der Waals surface area contributed by atoms with Gasteiger partial charge in [0.05, 0.1) is 12.7 Å². The molecular formula is C24H22N4O4S. The number of nitrogens with zero attached hydrogens (tertiary/aromatic N) is 3. The molecule has 1 aliphatic heterocycles. The number of methoxy groups -OCH3 is 1. The number of carboxylic acids is 1. The summed E-state index contributed by atoms with van der Waals surface area (Å²) in [5.74, 6) is 1.16. The number of nitrogens with one attached hydrogen (secondary N) is 1. The molecule has 1 atom stereocenters. The summed E-state index contributed by atoms with van der Waals surface area (Å²) in [7, 11) is 1.62. The van der Waals surface area contributed by atoms with Gasteiger partial charge in [-0.05, 0) is 48.2 Å². The van der Waals surface area contributed by atoms with Crippen LogP contribution in [0.3, 0.4) is 0 Å². The Morgan fingerprint density at radius 2 is 1.94 bits per heavy atom. The molecule has 8 nitrogen and oxygen atoms in total. The third-order valence-electron chi connectivity index (χ3n) is 5.85. The van der Waals surface area contributed by atoms with Gasteiger partial charge in [0.15, 0.2) is 5.78 Å². The first-order valence-electron chi connectivity index (χ1n) is 10.6. The Bertz CT molecular complexity index is 1250. The van der Waals surface area contributed by atoms with Crippen molar-refractivity contribution < 1.29 is 19.4 Å². The zero-order valence-corrected chi connectivity index (χ0v) is 18.8. The highest BCUT2D eigenvalue weighted by molar-refractivity contribution is 7.98. The van der Waals surface area contributed by atoms with E-state index in [1.807, 2.05) is 24.3 Å². The fourth-order valence-corrected chi connectivity index (χ4v) is 4.97. The van der Waals surface area contributed by atoms with Crippen LogP contribution in [-0.2, 0) is 10.5 Å². The van der Waals surface area contributed by atoms with Crippen LogP contribution in [0.15, 0.2) is 65.0 Å². The van der Waals surface area contributed by atoms with E-state index in [0.717, 1.165) is 41.0 Å². The molecule has 2 aromatic carbocycles. The Morgan fingerprint density at radius 1 is 1.18 bits per heavy atom. The minimum atomic E-state index is -0.945. The predicted molar refractivity (Wildman–Crippen MR) is 124 cm³/mol. The molecule has 168 valence electrons. The molecule has 0 unspecified atom stereocenters. The van der Waals surface area contributed by atoms with Crippen LogP contribution in [0.1, 0.15) is 46.8 Å². The number of ether oxygens (including phenoxy) is 1. The number of benzene rings is 2. The quantitative estimate of drug-likeness (QED) is 0.522. The summed E-state index contributed by atoms with van der Waals surface area (Å²) >= 11 is 1.46. The van der Waals surface area contributed by atoms with E-state index in [2.05, 4.69) is 10.3 Å². The number of fused-ring (bicyclic) bond motifs is 1. The van der Waals surface area contributed by atoms with Gasteiger partial charge in [0, 0.05) is 23.4 Å². The van der Waals surface area contributed by atoms with Gasteiger partial charge < -0.3 is 15.2 Å². The minimum absolute atomic E-state index is 0.137. The largest absolute Gasteiger partial charge is 0.497 e. The van der Waals surface area contributed by atoms with Crippen molar-refractivity contribution in [1.29, 1.82) is 0 Å². The first-order chi connectivity index (χ1) is 16.0. The molecule has 0 bridgehead atoms. The lowest BCUT2D eigenvalue weighted by Crippen LogP contribution is -2.31. The second-order valence-electron chi connectivity index (χ2n) is 7.92. The highest BCUT2D eigenvalue weighted by Gasteiger charge is 2.36. The lowest BCUT2D eigenvalue weighted by Gasteiger charge is -2.32. The number of carboxylic acid groups (broad SMARTS) is 1. The Kier molecular flexibility index (Phi) is 5.63. The molecule has 9 heteroatoms. The van der Waals surface area contributed by atoms with Crippen molar-refractivity contribution >= 4 is 29.5 Å². The first kappa shape index (κ1) is 21.3. The minimum Gasteiger partial charge on any atom is -0.497 e. The van der Waals surface area contributed by atoms with Crippen LogP contribution in [0.4, 0.5) is 5.95 Å². The summed E-state index contributed by atoms with van der Waals surface area (Å²) in [5, 5.41) is 17.7. The number of aromatic carboxylic acids is 1. The zero-order chi connectivity index (χ0) is 22.9. The van der Waals surface area contributed by atoms with Crippen molar-refractivity contribution in [1.82, 2.24) is 14.8 Å². The second kappa shape index (κ2) is 8.74. The molecule has 33 heavy (non-hydrogen) atoms. The molecule has 2 N–H and O–H groups in total. The number of anilines is 1. The van der Waals surface area contributed by atoms with Gasteiger partial charge >= 0.3 is 5.97 Å². The van der Waals surface area contributed by atoms with Gasteiger partial charge in [-0.2, -0.15) is 4.98 Å². The number of allylic oxidation sites excluding steroid dienone is 2. The second-order valence-corrected chi connectivity index (χ2v) is 8.87. The molecule has 2 aliphatic rings. The molecule has 0 fully saturated rings. The summed E-state index contributed by atoms with van der Waals surface area (Å²) in [6.07, 6.45) is 2.16. The number of hydrogen-bond donors (Lipinski definition) is 2. The maximum atomic E-state index is 12.9. The van der Waals surface area contributed by atoms with E-state index in [4.69, 9.17) is 14.9 Å². The van der Waals surface area contributed by atoms with Crippen molar-refractivity contribution in [2.45, 2.75) is 36.2 Å². The normalized spacial score (nSPS) is 17.2. The number of thioether (sulfide) groups is 1. The molecule has 0 amide bonds. The van der Waals surface area contributed by atoms with Gasteiger partial charge in [0.1, 0.15) is 11.8 Å². The highest BCUT2D eigenvalue weighted by Crippen LogP contribution is 2.41. The average Bonchev–Trinajstić information content (AvgIpc) is 3.24. The zero-order valence-electron chi connectivity index (χ0n) is 17.9. The van der Waals surface area contributed by atoms with E-state index in [0.29, 0.717) is 23.3 Å². The number of aromatic nitrogens is 3. The first-order valence-corrected chi connectivity index (χ1v) is 11.6. The Labute approximate surface area is 194 Å². The smallest absolute Gasteiger partial charge is 0.335 e. The van der Waals surface area contributed by atoms with E-state index in [-0.39, 0.29) is 17.4 Å². The summed E-state index contributed by atoms with van der Waals surface area (Å²) in [4.78, 5) is 28.6. The number of carbonyl (C=O) groups excluding carboxylic acids is 1. The van der Waals surface area contributed by atoms with E-state index in [1.54, 1.807) is 36.1 Å². The maximum Gasteiger partial charge on any atom is 0.335 e. The molecule has 2 heterocycles. The van der Waals surface area contributed by atoms with E-state index in [1.165, 1.54) is 11.8 Å². The van der Waals surface area contributed by atoms with Crippen LogP contribution in [0.5, 0.6) is 5.75 Å². The SMILES string of the molecule is COc1ccc([C@H]2C3=C(CCCC3=O)Nc3nc(SCc4ccc(C(=O)O)cc4)nn32)cc1. The molecule has 3 aromatic rings. The standard InChI is InChI=1S/C24H22N4O4S/c1-32-17-11-9-15(10-12-17)21-20-18(3-2-4-19(20)29)25-23-26-24(27-28(21)23)33-13-14-5-7-16(8-6-14)22(30)31/h5-12,21H,2-4,13H2,1H3,(H,30,31)(H,25,26,27)/t21-/m0/s1. The van der Waals surface area contributed by atoms with E-state index < -0.39 is 5.97 Å². The van der Waals surface area contributed by atoms with Gasteiger partial charge in [-0.1, -0.05) is 36.0 Å². The molecule has 1 aliphatic carbocycles. The lowest BCUT2D eigenvalue weighted by atomic mass is 9.85.